The van der Waals surface area contributed by atoms with Crippen molar-refractivity contribution in [1.82, 2.24) is 34.8 Å². The lowest BCUT2D eigenvalue weighted by Crippen LogP contribution is -2.33. The van der Waals surface area contributed by atoms with Crippen molar-refractivity contribution < 1.29 is 4.74 Å². The van der Waals surface area contributed by atoms with Crippen LogP contribution in [0, 0.1) is 13.8 Å². The van der Waals surface area contributed by atoms with Crippen LogP contribution in [0.1, 0.15) is 35.9 Å². The van der Waals surface area contributed by atoms with Crippen LogP contribution in [0.25, 0.3) is 5.65 Å². The summed E-state index contributed by atoms with van der Waals surface area (Å²) in [7, 11) is 1.74. The van der Waals surface area contributed by atoms with Crippen molar-refractivity contribution in [1.29, 1.82) is 0 Å². The van der Waals surface area contributed by atoms with E-state index >= 15 is 0 Å². The number of methoxy groups -OCH3 is 1. The van der Waals surface area contributed by atoms with Crippen LogP contribution in [0.2, 0.25) is 0 Å². The first-order chi connectivity index (χ1) is 12.7. The van der Waals surface area contributed by atoms with Crippen LogP contribution in [0.3, 0.4) is 0 Å². The SMILES string of the molecule is COC[C@H]1CCCN1c1n[nH]c(CCc2nc3c(C)ncc(C)n3n2)n1. The average molecular weight is 356 g/mol. The highest BCUT2D eigenvalue weighted by Gasteiger charge is 2.27. The van der Waals surface area contributed by atoms with E-state index in [4.69, 9.17) is 4.74 Å². The molecule has 3 aromatic heterocycles. The maximum atomic E-state index is 5.31. The van der Waals surface area contributed by atoms with Crippen molar-refractivity contribution in [2.45, 2.75) is 45.6 Å². The Morgan fingerprint density at radius 3 is 2.96 bits per heavy atom. The molecule has 3 aromatic rings. The Hall–Kier alpha value is -2.55. The molecule has 0 aromatic carbocycles. The van der Waals surface area contributed by atoms with E-state index in [-0.39, 0.29) is 0 Å². The predicted octanol–water partition coefficient (Wildman–Crippen LogP) is 1.26. The van der Waals surface area contributed by atoms with Gasteiger partial charge in [-0.15, -0.1) is 5.10 Å². The van der Waals surface area contributed by atoms with Crippen LogP contribution in [-0.4, -0.2) is 61.1 Å². The van der Waals surface area contributed by atoms with Crippen LogP contribution in [0.15, 0.2) is 6.20 Å². The highest BCUT2D eigenvalue weighted by atomic mass is 16.5. The largest absolute Gasteiger partial charge is 0.383 e. The van der Waals surface area contributed by atoms with Crippen molar-refractivity contribution in [2.24, 2.45) is 0 Å². The lowest BCUT2D eigenvalue weighted by atomic mass is 10.2. The second-order valence-electron chi connectivity index (χ2n) is 6.78. The van der Waals surface area contributed by atoms with Gasteiger partial charge in [0.25, 0.3) is 0 Å². The number of aromatic nitrogens is 7. The van der Waals surface area contributed by atoms with Crippen molar-refractivity contribution in [3.05, 3.63) is 29.2 Å². The summed E-state index contributed by atoms with van der Waals surface area (Å²) in [5.41, 5.74) is 2.68. The summed E-state index contributed by atoms with van der Waals surface area (Å²) in [6.07, 6.45) is 5.51. The first-order valence-electron chi connectivity index (χ1n) is 9.00. The van der Waals surface area contributed by atoms with Crippen molar-refractivity contribution >= 4 is 11.6 Å². The molecule has 1 N–H and O–H groups in total. The molecule has 0 spiro atoms. The van der Waals surface area contributed by atoms with Crippen LogP contribution in [-0.2, 0) is 17.6 Å². The van der Waals surface area contributed by atoms with E-state index in [2.05, 4.69) is 35.1 Å². The normalized spacial score (nSPS) is 17.5. The Morgan fingerprint density at radius 2 is 2.15 bits per heavy atom. The fourth-order valence-corrected chi connectivity index (χ4v) is 3.46. The molecule has 1 atom stereocenters. The smallest absolute Gasteiger partial charge is 0.245 e. The number of aromatic amines is 1. The molecule has 9 nitrogen and oxygen atoms in total. The van der Waals surface area contributed by atoms with E-state index in [1.807, 2.05) is 24.6 Å². The predicted molar refractivity (Wildman–Crippen MR) is 96.3 cm³/mol. The third-order valence-electron chi connectivity index (χ3n) is 4.85. The van der Waals surface area contributed by atoms with E-state index in [0.717, 1.165) is 60.4 Å². The summed E-state index contributed by atoms with van der Waals surface area (Å²) in [4.78, 5) is 15.8. The van der Waals surface area contributed by atoms with Gasteiger partial charge in [-0.05, 0) is 26.7 Å². The van der Waals surface area contributed by atoms with Gasteiger partial charge in [0, 0.05) is 32.7 Å². The van der Waals surface area contributed by atoms with Gasteiger partial charge in [-0.1, -0.05) is 0 Å². The number of aryl methyl sites for hydroxylation is 4. The minimum Gasteiger partial charge on any atom is -0.383 e. The first kappa shape index (κ1) is 16.9. The van der Waals surface area contributed by atoms with Gasteiger partial charge >= 0.3 is 0 Å². The second-order valence-corrected chi connectivity index (χ2v) is 6.78. The molecule has 1 saturated heterocycles. The van der Waals surface area contributed by atoms with Gasteiger partial charge < -0.3 is 9.64 Å². The molecule has 1 aliphatic heterocycles. The van der Waals surface area contributed by atoms with Gasteiger partial charge in [0.05, 0.1) is 24.0 Å². The zero-order valence-electron chi connectivity index (χ0n) is 15.4. The molecular weight excluding hydrogens is 332 g/mol. The standard InChI is InChI=1S/C17H24N8O/c1-11-9-18-12(2)16-19-15(23-25(11)16)7-6-14-20-17(22-21-14)24-8-4-5-13(24)10-26-3/h9,13H,4-8,10H2,1-3H3,(H,20,21,22)/t13-/m1/s1. The highest BCUT2D eigenvalue weighted by molar-refractivity contribution is 5.43. The molecular formula is C17H24N8O. The zero-order valence-corrected chi connectivity index (χ0v) is 15.4. The third kappa shape index (κ3) is 3.14. The molecule has 0 amide bonds. The number of hydrogen-bond donors (Lipinski definition) is 1. The van der Waals surface area contributed by atoms with Crippen LogP contribution in [0.5, 0.6) is 0 Å². The van der Waals surface area contributed by atoms with Crippen LogP contribution < -0.4 is 4.90 Å². The maximum absolute atomic E-state index is 5.31. The molecule has 26 heavy (non-hydrogen) atoms. The molecule has 9 heteroatoms. The second kappa shape index (κ2) is 6.99. The summed E-state index contributed by atoms with van der Waals surface area (Å²) in [5, 5.41) is 12.0. The quantitative estimate of drug-likeness (QED) is 0.710. The average Bonchev–Trinajstić information content (AvgIpc) is 3.35. The summed E-state index contributed by atoms with van der Waals surface area (Å²) in [6, 6.07) is 0.363. The summed E-state index contributed by atoms with van der Waals surface area (Å²) < 4.78 is 7.16. The maximum Gasteiger partial charge on any atom is 0.245 e. The van der Waals surface area contributed by atoms with E-state index in [1.165, 1.54) is 0 Å². The fraction of sp³-hybridized carbons (Fsp3) is 0.588. The van der Waals surface area contributed by atoms with Crippen molar-refractivity contribution in [2.75, 3.05) is 25.2 Å². The lowest BCUT2D eigenvalue weighted by Gasteiger charge is -2.22. The molecule has 138 valence electrons. The Labute approximate surface area is 151 Å². The molecule has 0 bridgehead atoms. The molecule has 4 heterocycles. The topological polar surface area (TPSA) is 97.1 Å². The number of fused-ring (bicyclic) bond motifs is 1. The van der Waals surface area contributed by atoms with E-state index in [0.29, 0.717) is 19.1 Å². The number of nitrogens with one attached hydrogen (secondary N) is 1. The highest BCUT2D eigenvalue weighted by Crippen LogP contribution is 2.22. The molecule has 0 aliphatic carbocycles. The summed E-state index contributed by atoms with van der Waals surface area (Å²) in [6.45, 7) is 5.61. The third-order valence-corrected chi connectivity index (χ3v) is 4.85. The summed E-state index contributed by atoms with van der Waals surface area (Å²) in [5.74, 6) is 2.41. The number of ether oxygens (including phenoxy) is 1. The number of nitrogens with zero attached hydrogens (tertiary/aromatic N) is 7. The fourth-order valence-electron chi connectivity index (χ4n) is 3.46. The molecule has 0 radical (unpaired) electrons. The van der Waals surface area contributed by atoms with Crippen LogP contribution in [0.4, 0.5) is 5.95 Å². The Bertz CT molecular complexity index is 862. The number of rotatable bonds is 6. The first-order valence-corrected chi connectivity index (χ1v) is 9.00. The lowest BCUT2D eigenvalue weighted by molar-refractivity contribution is 0.180. The minimum absolute atomic E-state index is 0.363. The molecule has 0 saturated carbocycles. The van der Waals surface area contributed by atoms with E-state index < -0.39 is 0 Å². The molecule has 1 fully saturated rings. The van der Waals surface area contributed by atoms with Gasteiger partial charge in [0.1, 0.15) is 5.82 Å². The minimum atomic E-state index is 0.363. The van der Waals surface area contributed by atoms with E-state index in [1.54, 1.807) is 7.11 Å². The molecule has 0 unspecified atom stereocenters. The molecule has 4 rings (SSSR count). The Kier molecular flexibility index (Phi) is 4.54. The van der Waals surface area contributed by atoms with Crippen LogP contribution >= 0.6 is 0 Å². The monoisotopic (exact) mass is 356 g/mol. The van der Waals surface area contributed by atoms with Gasteiger partial charge in [0.15, 0.2) is 11.5 Å². The Morgan fingerprint density at radius 1 is 1.27 bits per heavy atom. The summed E-state index contributed by atoms with van der Waals surface area (Å²) >= 11 is 0. The van der Waals surface area contributed by atoms with Crippen molar-refractivity contribution in [3.8, 4) is 0 Å². The number of H-pyrrole nitrogens is 1. The van der Waals surface area contributed by atoms with E-state index in [9.17, 15) is 0 Å². The number of anilines is 1. The number of hydrogen-bond acceptors (Lipinski definition) is 7. The van der Waals surface area contributed by atoms with Gasteiger partial charge in [-0.25, -0.2) is 9.50 Å². The Balaban J connectivity index is 1.45. The van der Waals surface area contributed by atoms with Gasteiger partial charge in [0.2, 0.25) is 5.95 Å². The van der Waals surface area contributed by atoms with Gasteiger partial charge in [-0.2, -0.15) is 10.1 Å². The van der Waals surface area contributed by atoms with Crippen molar-refractivity contribution in [3.63, 3.8) is 0 Å². The van der Waals surface area contributed by atoms with Gasteiger partial charge in [-0.3, -0.25) is 10.1 Å². The zero-order chi connectivity index (χ0) is 18.1. The molecule has 1 aliphatic rings.